The Hall–Kier alpha value is -2.28. The van der Waals surface area contributed by atoms with Gasteiger partial charge < -0.3 is 5.32 Å². The van der Waals surface area contributed by atoms with Gasteiger partial charge in [0.25, 0.3) is 0 Å². The van der Waals surface area contributed by atoms with Crippen LogP contribution >= 0.6 is 0 Å². The first-order valence-electron chi connectivity index (χ1n) is 8.18. The predicted octanol–water partition coefficient (Wildman–Crippen LogP) is 2.38. The van der Waals surface area contributed by atoms with Crippen molar-refractivity contribution in [1.29, 1.82) is 0 Å². The van der Waals surface area contributed by atoms with Crippen molar-refractivity contribution in [2.45, 2.75) is 38.5 Å². The van der Waals surface area contributed by atoms with Crippen molar-refractivity contribution in [3.05, 3.63) is 52.8 Å². The number of urea groups is 1. The summed E-state index contributed by atoms with van der Waals surface area (Å²) in [4.78, 5) is 12.3. The molecule has 2 amide bonds. The van der Waals surface area contributed by atoms with E-state index in [0.717, 1.165) is 48.2 Å². The number of aromatic nitrogens is 1. The van der Waals surface area contributed by atoms with Crippen molar-refractivity contribution < 1.29 is 13.2 Å². The van der Waals surface area contributed by atoms with E-state index < -0.39 is 16.2 Å². The molecule has 0 radical (unpaired) electrons. The highest BCUT2D eigenvalue weighted by atomic mass is 32.2. The Balaban J connectivity index is 1.61. The minimum Gasteiger partial charge on any atom is -0.307 e. The summed E-state index contributed by atoms with van der Waals surface area (Å²) in [6.45, 7) is 0. The molecule has 2 aliphatic carbocycles. The number of nitrogens with one attached hydrogen (secondary N) is 2. The van der Waals surface area contributed by atoms with Gasteiger partial charge in [0, 0.05) is 18.1 Å². The van der Waals surface area contributed by atoms with Gasteiger partial charge in [-0.25, -0.2) is 13.5 Å². The fraction of sp³-hybridized carbons (Fsp3) is 0.353. The number of nitrogens with zero attached hydrogens (tertiary/aromatic N) is 1. The fourth-order valence-corrected chi connectivity index (χ4v) is 4.61. The van der Waals surface area contributed by atoms with Gasteiger partial charge in [0.05, 0.1) is 0 Å². The SMILES string of the molecule is O=C(Nc1c2c(cc3c1CCC3)CCC2)NS(=O)(=O)n1cccc1. The van der Waals surface area contributed by atoms with Crippen LogP contribution in [0.3, 0.4) is 0 Å². The zero-order valence-corrected chi connectivity index (χ0v) is 14.0. The van der Waals surface area contributed by atoms with Gasteiger partial charge in [-0.2, -0.15) is 8.42 Å². The van der Waals surface area contributed by atoms with Crippen LogP contribution in [0.2, 0.25) is 0 Å². The van der Waals surface area contributed by atoms with Crippen LogP contribution in [0, 0.1) is 0 Å². The number of hydrogen-bond donors (Lipinski definition) is 2. The predicted molar refractivity (Wildman–Crippen MR) is 91.4 cm³/mol. The van der Waals surface area contributed by atoms with E-state index in [1.54, 1.807) is 12.1 Å². The Morgan fingerprint density at radius 2 is 1.54 bits per heavy atom. The minimum atomic E-state index is -3.91. The minimum absolute atomic E-state index is 0.710. The standard InChI is InChI=1S/C17H19N3O3S/c21-17(19-24(22,23)20-9-1-2-10-20)18-16-14-7-3-5-12(14)11-13-6-4-8-15(13)16/h1-2,9-11H,3-8H2,(H2,18,19,21). The Morgan fingerprint density at radius 3 is 2.12 bits per heavy atom. The average molecular weight is 345 g/mol. The summed E-state index contributed by atoms with van der Waals surface area (Å²) in [6.07, 6.45) is 8.85. The molecule has 24 heavy (non-hydrogen) atoms. The molecule has 7 heteroatoms. The maximum absolute atomic E-state index is 12.3. The van der Waals surface area contributed by atoms with Gasteiger partial charge in [-0.05, 0) is 72.9 Å². The van der Waals surface area contributed by atoms with Gasteiger partial charge in [0.1, 0.15) is 0 Å². The molecule has 4 rings (SSSR count). The second-order valence-electron chi connectivity index (χ2n) is 6.31. The average Bonchev–Trinajstić information content (AvgIpc) is 3.27. The zero-order valence-electron chi connectivity index (χ0n) is 13.2. The lowest BCUT2D eigenvalue weighted by molar-refractivity contribution is 0.256. The number of fused-ring (bicyclic) bond motifs is 2. The van der Waals surface area contributed by atoms with Crippen LogP contribution in [0.5, 0.6) is 0 Å². The number of amides is 2. The molecular formula is C17H19N3O3S. The summed E-state index contributed by atoms with van der Waals surface area (Å²) in [7, 11) is -3.91. The third-order valence-electron chi connectivity index (χ3n) is 4.79. The van der Waals surface area contributed by atoms with Gasteiger partial charge in [-0.1, -0.05) is 6.07 Å². The summed E-state index contributed by atoms with van der Waals surface area (Å²) >= 11 is 0. The molecule has 0 saturated heterocycles. The van der Waals surface area contributed by atoms with Gasteiger partial charge >= 0.3 is 16.2 Å². The number of aryl methyl sites for hydroxylation is 2. The molecule has 0 spiro atoms. The van der Waals surface area contributed by atoms with Crippen molar-refractivity contribution in [1.82, 2.24) is 8.69 Å². The van der Waals surface area contributed by atoms with Crippen molar-refractivity contribution in [3.63, 3.8) is 0 Å². The molecule has 0 saturated carbocycles. The maximum atomic E-state index is 12.3. The summed E-state index contributed by atoms with van der Waals surface area (Å²) in [5, 5.41) is 2.82. The highest BCUT2D eigenvalue weighted by molar-refractivity contribution is 7.88. The molecule has 1 aromatic heterocycles. The molecule has 0 bridgehead atoms. The molecule has 2 aromatic rings. The van der Waals surface area contributed by atoms with E-state index in [2.05, 4.69) is 16.1 Å². The third-order valence-corrected chi connectivity index (χ3v) is 6.03. The number of anilines is 1. The van der Waals surface area contributed by atoms with E-state index >= 15 is 0 Å². The number of benzene rings is 1. The summed E-state index contributed by atoms with van der Waals surface area (Å²) < 4.78 is 27.4. The van der Waals surface area contributed by atoms with Gasteiger partial charge in [-0.3, -0.25) is 0 Å². The summed E-state index contributed by atoms with van der Waals surface area (Å²) in [5.41, 5.74) is 5.75. The first kappa shape index (κ1) is 15.3. The quantitative estimate of drug-likeness (QED) is 0.896. The summed E-state index contributed by atoms with van der Waals surface area (Å²) in [5.74, 6) is 0. The second-order valence-corrected chi connectivity index (χ2v) is 7.88. The van der Waals surface area contributed by atoms with Gasteiger partial charge in [0.2, 0.25) is 0 Å². The lowest BCUT2D eigenvalue weighted by Gasteiger charge is -2.16. The largest absolute Gasteiger partial charge is 0.334 e. The van der Waals surface area contributed by atoms with E-state index in [0.29, 0.717) is 0 Å². The highest BCUT2D eigenvalue weighted by Crippen LogP contribution is 2.38. The lowest BCUT2D eigenvalue weighted by atomic mass is 9.99. The fourth-order valence-electron chi connectivity index (χ4n) is 3.76. The molecular weight excluding hydrogens is 326 g/mol. The number of carbonyl (C=O) groups excluding carboxylic acids is 1. The van der Waals surface area contributed by atoms with E-state index in [-0.39, 0.29) is 0 Å². The first-order chi connectivity index (χ1) is 11.5. The molecule has 126 valence electrons. The smallest absolute Gasteiger partial charge is 0.307 e. The van der Waals surface area contributed by atoms with Gasteiger partial charge in [0.15, 0.2) is 0 Å². The van der Waals surface area contributed by atoms with E-state index in [9.17, 15) is 13.2 Å². The molecule has 1 heterocycles. The Bertz CT molecular complexity index is 869. The van der Waals surface area contributed by atoms with Crippen molar-refractivity contribution >= 4 is 21.9 Å². The van der Waals surface area contributed by atoms with Crippen molar-refractivity contribution in [2.24, 2.45) is 0 Å². The number of hydrogen-bond acceptors (Lipinski definition) is 3. The van der Waals surface area contributed by atoms with Crippen molar-refractivity contribution in [2.75, 3.05) is 5.32 Å². The van der Waals surface area contributed by atoms with E-state index in [1.165, 1.54) is 34.6 Å². The molecule has 1 aromatic carbocycles. The molecule has 2 aliphatic rings. The monoisotopic (exact) mass is 345 g/mol. The molecule has 0 fully saturated rings. The Kier molecular flexibility index (Phi) is 3.60. The molecule has 0 aliphatic heterocycles. The second kappa shape index (κ2) is 5.66. The first-order valence-corrected chi connectivity index (χ1v) is 9.62. The lowest BCUT2D eigenvalue weighted by Crippen LogP contribution is -2.38. The molecule has 6 nitrogen and oxygen atoms in total. The summed E-state index contributed by atoms with van der Waals surface area (Å²) in [6, 6.07) is 4.74. The van der Waals surface area contributed by atoms with Crippen LogP contribution in [0.4, 0.5) is 10.5 Å². The zero-order chi connectivity index (χ0) is 16.7. The number of rotatable bonds is 3. The maximum Gasteiger partial charge on any atom is 0.334 e. The van der Waals surface area contributed by atoms with Crippen LogP contribution in [-0.2, 0) is 35.9 Å². The van der Waals surface area contributed by atoms with Gasteiger partial charge in [-0.15, -0.1) is 0 Å². The third kappa shape index (κ3) is 2.58. The topological polar surface area (TPSA) is 80.2 Å². The molecule has 0 unspecified atom stereocenters. The van der Waals surface area contributed by atoms with Crippen LogP contribution in [0.25, 0.3) is 0 Å². The van der Waals surface area contributed by atoms with Crippen LogP contribution in [0.1, 0.15) is 35.1 Å². The van der Waals surface area contributed by atoms with E-state index in [1.807, 2.05) is 0 Å². The van der Waals surface area contributed by atoms with Crippen LogP contribution < -0.4 is 10.0 Å². The Morgan fingerprint density at radius 1 is 0.958 bits per heavy atom. The van der Waals surface area contributed by atoms with Crippen molar-refractivity contribution in [3.8, 4) is 0 Å². The van der Waals surface area contributed by atoms with Crippen LogP contribution in [-0.4, -0.2) is 18.4 Å². The molecule has 0 atom stereocenters. The molecule has 2 N–H and O–H groups in total. The van der Waals surface area contributed by atoms with Crippen LogP contribution in [0.15, 0.2) is 30.6 Å². The number of carbonyl (C=O) groups is 1. The highest BCUT2D eigenvalue weighted by Gasteiger charge is 2.26. The normalized spacial score (nSPS) is 15.8. The van der Waals surface area contributed by atoms with E-state index in [4.69, 9.17) is 0 Å². The Labute approximate surface area is 141 Å².